The maximum Gasteiger partial charge on any atom is 0.321 e. The van der Waals surface area contributed by atoms with Gasteiger partial charge >= 0.3 is 6.03 Å². The Morgan fingerprint density at radius 3 is 2.70 bits per heavy atom. The largest absolute Gasteiger partial charge is 0.479 e. The van der Waals surface area contributed by atoms with E-state index in [4.69, 9.17) is 4.74 Å². The monoisotopic (exact) mass is 408 g/mol. The number of carbonyl (C=O) groups is 3. The standard InChI is InChI=1S/C22H24N4O4/c1-14-20(27)25-18-12-17(9-10-19(18)30-14)23-21(28)15-6-5-11-26(13-15)22(29)24-16-7-3-2-4-8-16/h2-4,7-10,12,14-15H,5-6,11,13H2,1H3,(H,23,28)(H,24,29)(H,25,27)/t14-,15-/m0/s1. The van der Waals surface area contributed by atoms with Gasteiger partial charge in [-0.1, -0.05) is 18.2 Å². The van der Waals surface area contributed by atoms with Crippen molar-refractivity contribution in [3.63, 3.8) is 0 Å². The number of para-hydroxylation sites is 1. The number of nitrogens with zero attached hydrogens (tertiary/aromatic N) is 1. The van der Waals surface area contributed by atoms with Crippen molar-refractivity contribution >= 4 is 34.9 Å². The van der Waals surface area contributed by atoms with Crippen molar-refractivity contribution in [2.75, 3.05) is 29.0 Å². The Morgan fingerprint density at radius 2 is 1.90 bits per heavy atom. The molecule has 8 heteroatoms. The zero-order chi connectivity index (χ0) is 21.1. The van der Waals surface area contributed by atoms with Gasteiger partial charge in [0.25, 0.3) is 5.91 Å². The molecule has 4 amide bonds. The SMILES string of the molecule is C[C@@H]1Oc2ccc(NC(=O)[C@H]3CCCN(C(=O)Nc4ccccc4)C3)cc2NC1=O. The van der Waals surface area contributed by atoms with Gasteiger partial charge in [-0.15, -0.1) is 0 Å². The van der Waals surface area contributed by atoms with Crippen LogP contribution in [0.2, 0.25) is 0 Å². The van der Waals surface area contributed by atoms with Crippen LogP contribution in [0.4, 0.5) is 21.9 Å². The van der Waals surface area contributed by atoms with E-state index in [2.05, 4.69) is 16.0 Å². The molecule has 0 radical (unpaired) electrons. The van der Waals surface area contributed by atoms with Crippen molar-refractivity contribution in [3.8, 4) is 5.75 Å². The molecule has 2 aliphatic rings. The second-order valence-corrected chi connectivity index (χ2v) is 7.53. The molecule has 2 heterocycles. The molecule has 2 aliphatic heterocycles. The number of nitrogens with one attached hydrogen (secondary N) is 3. The fourth-order valence-electron chi connectivity index (χ4n) is 3.63. The number of likely N-dealkylation sites (tertiary alicyclic amines) is 1. The highest BCUT2D eigenvalue weighted by Crippen LogP contribution is 2.32. The number of carbonyl (C=O) groups excluding carboxylic acids is 3. The van der Waals surface area contributed by atoms with Crippen LogP contribution in [0.3, 0.4) is 0 Å². The van der Waals surface area contributed by atoms with E-state index < -0.39 is 6.10 Å². The van der Waals surface area contributed by atoms with Crippen molar-refractivity contribution < 1.29 is 19.1 Å². The van der Waals surface area contributed by atoms with Gasteiger partial charge in [0, 0.05) is 24.5 Å². The van der Waals surface area contributed by atoms with Crippen LogP contribution < -0.4 is 20.7 Å². The van der Waals surface area contributed by atoms with Gasteiger partial charge in [0.05, 0.1) is 11.6 Å². The first-order valence-corrected chi connectivity index (χ1v) is 10.0. The van der Waals surface area contributed by atoms with Crippen LogP contribution >= 0.6 is 0 Å². The first kappa shape index (κ1) is 19.8. The molecule has 0 saturated carbocycles. The predicted octanol–water partition coefficient (Wildman–Crippen LogP) is 3.29. The van der Waals surface area contributed by atoms with Crippen LogP contribution in [-0.4, -0.2) is 41.9 Å². The lowest BCUT2D eigenvalue weighted by molar-refractivity contribution is -0.123. The van der Waals surface area contributed by atoms with E-state index in [1.54, 1.807) is 30.0 Å². The fourth-order valence-corrected chi connectivity index (χ4v) is 3.63. The Bertz CT molecular complexity index is 963. The van der Waals surface area contributed by atoms with Gasteiger partial charge in [0.15, 0.2) is 6.10 Å². The zero-order valence-electron chi connectivity index (χ0n) is 16.7. The van der Waals surface area contributed by atoms with Crippen LogP contribution in [0, 0.1) is 5.92 Å². The Labute approximate surface area is 174 Å². The Morgan fingerprint density at radius 1 is 1.10 bits per heavy atom. The van der Waals surface area contributed by atoms with E-state index in [0.29, 0.717) is 36.6 Å². The highest BCUT2D eigenvalue weighted by atomic mass is 16.5. The van der Waals surface area contributed by atoms with E-state index >= 15 is 0 Å². The van der Waals surface area contributed by atoms with Crippen LogP contribution in [-0.2, 0) is 9.59 Å². The van der Waals surface area contributed by atoms with Crippen molar-refractivity contribution in [1.29, 1.82) is 0 Å². The Hall–Kier alpha value is -3.55. The summed E-state index contributed by atoms with van der Waals surface area (Å²) in [5.41, 5.74) is 1.83. The molecular formula is C22H24N4O4. The van der Waals surface area contributed by atoms with Crippen molar-refractivity contribution in [2.45, 2.75) is 25.9 Å². The van der Waals surface area contributed by atoms with E-state index in [1.807, 2.05) is 30.3 Å². The molecule has 0 aromatic heterocycles. The average molecular weight is 408 g/mol. The minimum Gasteiger partial charge on any atom is -0.479 e. The number of benzene rings is 2. The highest BCUT2D eigenvalue weighted by molar-refractivity contribution is 5.99. The summed E-state index contributed by atoms with van der Waals surface area (Å²) in [5.74, 6) is -0.106. The summed E-state index contributed by atoms with van der Waals surface area (Å²) in [6.07, 6.45) is 0.920. The van der Waals surface area contributed by atoms with Crippen molar-refractivity contribution in [1.82, 2.24) is 4.90 Å². The van der Waals surface area contributed by atoms with Crippen LogP contribution in [0.5, 0.6) is 5.75 Å². The third-order valence-electron chi connectivity index (χ3n) is 5.28. The van der Waals surface area contributed by atoms with Gasteiger partial charge in [-0.2, -0.15) is 0 Å². The van der Waals surface area contributed by atoms with Crippen LogP contribution in [0.25, 0.3) is 0 Å². The molecule has 156 valence electrons. The molecule has 0 aliphatic carbocycles. The second-order valence-electron chi connectivity index (χ2n) is 7.53. The smallest absolute Gasteiger partial charge is 0.321 e. The molecule has 0 spiro atoms. The quantitative estimate of drug-likeness (QED) is 0.726. The molecule has 1 fully saturated rings. The molecule has 30 heavy (non-hydrogen) atoms. The summed E-state index contributed by atoms with van der Waals surface area (Å²) < 4.78 is 5.53. The van der Waals surface area contributed by atoms with Crippen LogP contribution in [0.15, 0.2) is 48.5 Å². The summed E-state index contributed by atoms with van der Waals surface area (Å²) >= 11 is 0. The lowest BCUT2D eigenvalue weighted by Gasteiger charge is -2.32. The zero-order valence-corrected chi connectivity index (χ0v) is 16.7. The number of hydrogen-bond acceptors (Lipinski definition) is 4. The predicted molar refractivity (Wildman–Crippen MR) is 114 cm³/mol. The summed E-state index contributed by atoms with van der Waals surface area (Å²) in [4.78, 5) is 38.8. The number of rotatable bonds is 3. The number of piperidine rings is 1. The topological polar surface area (TPSA) is 99.8 Å². The van der Waals surface area contributed by atoms with Crippen molar-refractivity contribution in [3.05, 3.63) is 48.5 Å². The molecule has 2 atom stereocenters. The Kier molecular flexibility index (Phi) is 5.56. The molecular weight excluding hydrogens is 384 g/mol. The van der Waals surface area contributed by atoms with Gasteiger partial charge in [-0.3, -0.25) is 9.59 Å². The third-order valence-corrected chi connectivity index (χ3v) is 5.28. The lowest BCUT2D eigenvalue weighted by Crippen LogP contribution is -2.45. The first-order valence-electron chi connectivity index (χ1n) is 10.0. The maximum atomic E-state index is 12.8. The third kappa shape index (κ3) is 4.37. The number of fused-ring (bicyclic) bond motifs is 1. The number of urea groups is 1. The molecule has 8 nitrogen and oxygen atoms in total. The highest BCUT2D eigenvalue weighted by Gasteiger charge is 2.29. The van der Waals surface area contributed by atoms with Gasteiger partial charge < -0.3 is 25.6 Å². The Balaban J connectivity index is 1.37. The van der Waals surface area contributed by atoms with Gasteiger partial charge in [-0.05, 0) is 50.1 Å². The number of ether oxygens (including phenoxy) is 1. The van der Waals surface area contributed by atoms with Gasteiger partial charge in [0.1, 0.15) is 5.75 Å². The summed E-state index contributed by atoms with van der Waals surface area (Å²) in [6.45, 7) is 2.65. The van der Waals surface area contributed by atoms with Crippen molar-refractivity contribution in [2.24, 2.45) is 5.92 Å². The molecule has 0 unspecified atom stereocenters. The van der Waals surface area contributed by atoms with Gasteiger partial charge in [0.2, 0.25) is 5.91 Å². The number of anilines is 3. The summed E-state index contributed by atoms with van der Waals surface area (Å²) in [7, 11) is 0. The van der Waals surface area contributed by atoms with Crippen LogP contribution in [0.1, 0.15) is 19.8 Å². The number of amides is 4. The minimum atomic E-state index is -0.548. The lowest BCUT2D eigenvalue weighted by atomic mass is 9.97. The van der Waals surface area contributed by atoms with E-state index in [9.17, 15) is 14.4 Å². The number of hydrogen-bond donors (Lipinski definition) is 3. The molecule has 3 N–H and O–H groups in total. The molecule has 2 aromatic carbocycles. The molecule has 1 saturated heterocycles. The first-order chi connectivity index (χ1) is 14.5. The normalized spacial score (nSPS) is 20.4. The average Bonchev–Trinajstić information content (AvgIpc) is 2.75. The summed E-state index contributed by atoms with van der Waals surface area (Å²) in [6, 6.07) is 14.2. The molecule has 0 bridgehead atoms. The fraction of sp³-hybridized carbons (Fsp3) is 0.318. The molecule has 4 rings (SSSR count). The second kappa shape index (κ2) is 8.44. The minimum absolute atomic E-state index is 0.149. The van der Waals surface area contributed by atoms with E-state index in [0.717, 1.165) is 12.1 Å². The van der Waals surface area contributed by atoms with E-state index in [1.165, 1.54) is 0 Å². The maximum absolute atomic E-state index is 12.8. The molecule has 2 aromatic rings. The summed E-state index contributed by atoms with van der Waals surface area (Å²) in [5, 5.41) is 8.53. The van der Waals surface area contributed by atoms with E-state index in [-0.39, 0.29) is 23.8 Å². The van der Waals surface area contributed by atoms with Gasteiger partial charge in [-0.25, -0.2) is 4.79 Å².